The zero-order valence-corrected chi connectivity index (χ0v) is 11.0. The molecule has 0 saturated heterocycles. The first-order valence-electron chi connectivity index (χ1n) is 6.09. The highest BCUT2D eigenvalue weighted by molar-refractivity contribution is 6.09. The number of nitriles is 1. The van der Waals surface area contributed by atoms with Crippen molar-refractivity contribution in [2.24, 2.45) is 0 Å². The van der Waals surface area contributed by atoms with Gasteiger partial charge < -0.3 is 5.32 Å². The summed E-state index contributed by atoms with van der Waals surface area (Å²) in [6, 6.07) is 12.9. The number of aromatic nitrogens is 1. The number of nitrogens with zero attached hydrogens (tertiary/aromatic N) is 2. The second-order valence-electron chi connectivity index (χ2n) is 4.28. The van der Waals surface area contributed by atoms with E-state index in [2.05, 4.69) is 10.3 Å². The fourth-order valence-electron chi connectivity index (χ4n) is 1.61. The van der Waals surface area contributed by atoms with Gasteiger partial charge in [-0.3, -0.25) is 9.78 Å². The lowest BCUT2D eigenvalue weighted by Gasteiger charge is -2.03. The van der Waals surface area contributed by atoms with Crippen LogP contribution in [0.15, 0.2) is 54.4 Å². The van der Waals surface area contributed by atoms with Crippen LogP contribution < -0.4 is 5.32 Å². The van der Waals surface area contributed by atoms with E-state index < -0.39 is 5.91 Å². The monoisotopic (exact) mass is 263 g/mol. The van der Waals surface area contributed by atoms with Gasteiger partial charge in [-0.05, 0) is 30.7 Å². The van der Waals surface area contributed by atoms with Gasteiger partial charge in [0.15, 0.2) is 0 Å². The van der Waals surface area contributed by atoms with Crippen LogP contribution in [0.1, 0.15) is 11.1 Å². The number of pyridine rings is 1. The van der Waals surface area contributed by atoms with Crippen LogP contribution in [-0.4, -0.2) is 10.9 Å². The highest BCUT2D eigenvalue weighted by Gasteiger charge is 2.09. The average Bonchev–Trinajstić information content (AvgIpc) is 2.47. The SMILES string of the molecule is Cc1ccc(C=C(C#N)C(=O)Nc2cccnc2)cc1. The Hall–Kier alpha value is -2.93. The molecule has 4 heteroatoms. The van der Waals surface area contributed by atoms with Crippen molar-refractivity contribution >= 4 is 17.7 Å². The summed E-state index contributed by atoms with van der Waals surface area (Å²) in [6.45, 7) is 1.98. The van der Waals surface area contributed by atoms with Crippen molar-refractivity contribution < 1.29 is 4.79 Å². The quantitative estimate of drug-likeness (QED) is 0.684. The van der Waals surface area contributed by atoms with Crippen molar-refractivity contribution in [2.75, 3.05) is 5.32 Å². The largest absolute Gasteiger partial charge is 0.320 e. The number of benzene rings is 1. The number of hydrogen-bond donors (Lipinski definition) is 1. The molecule has 1 aromatic carbocycles. The van der Waals surface area contributed by atoms with Crippen LogP contribution in [0, 0.1) is 18.3 Å². The molecule has 0 fully saturated rings. The molecule has 1 heterocycles. The summed E-state index contributed by atoms with van der Waals surface area (Å²) in [7, 11) is 0. The third kappa shape index (κ3) is 3.53. The molecule has 0 aliphatic carbocycles. The first kappa shape index (κ1) is 13.5. The van der Waals surface area contributed by atoms with E-state index in [4.69, 9.17) is 5.26 Å². The summed E-state index contributed by atoms with van der Waals surface area (Å²) in [5.74, 6) is -0.443. The molecule has 0 atom stereocenters. The molecule has 20 heavy (non-hydrogen) atoms. The Morgan fingerprint density at radius 1 is 1.30 bits per heavy atom. The highest BCUT2D eigenvalue weighted by Crippen LogP contribution is 2.11. The lowest BCUT2D eigenvalue weighted by molar-refractivity contribution is -0.112. The molecule has 0 unspecified atom stereocenters. The Kier molecular flexibility index (Phi) is 4.25. The Bertz CT molecular complexity index is 667. The van der Waals surface area contributed by atoms with Crippen molar-refractivity contribution in [2.45, 2.75) is 6.92 Å². The molecule has 4 nitrogen and oxygen atoms in total. The molecule has 98 valence electrons. The molecule has 0 aliphatic rings. The van der Waals surface area contributed by atoms with E-state index in [1.165, 1.54) is 6.20 Å². The zero-order chi connectivity index (χ0) is 14.4. The van der Waals surface area contributed by atoms with E-state index >= 15 is 0 Å². The average molecular weight is 263 g/mol. The van der Waals surface area contributed by atoms with Crippen LogP contribution in [0.5, 0.6) is 0 Å². The van der Waals surface area contributed by atoms with Crippen molar-refractivity contribution in [3.8, 4) is 6.07 Å². The summed E-state index contributed by atoms with van der Waals surface area (Å²) in [5.41, 5.74) is 2.55. The second kappa shape index (κ2) is 6.30. The van der Waals surface area contributed by atoms with E-state index in [0.717, 1.165) is 11.1 Å². The van der Waals surface area contributed by atoms with Crippen molar-refractivity contribution in [1.29, 1.82) is 5.26 Å². The molecular weight excluding hydrogens is 250 g/mol. The number of nitrogens with one attached hydrogen (secondary N) is 1. The third-order valence-corrected chi connectivity index (χ3v) is 2.67. The van der Waals surface area contributed by atoms with Gasteiger partial charge in [0.25, 0.3) is 5.91 Å². The highest BCUT2D eigenvalue weighted by atomic mass is 16.1. The Morgan fingerprint density at radius 3 is 2.65 bits per heavy atom. The maximum atomic E-state index is 12.0. The number of anilines is 1. The summed E-state index contributed by atoms with van der Waals surface area (Å²) in [6.07, 6.45) is 4.70. The molecule has 1 N–H and O–H groups in total. The van der Waals surface area contributed by atoms with E-state index in [1.807, 2.05) is 37.3 Å². The van der Waals surface area contributed by atoms with Crippen molar-refractivity contribution in [1.82, 2.24) is 4.98 Å². The van der Waals surface area contributed by atoms with Crippen LogP contribution in [0.2, 0.25) is 0 Å². The molecule has 1 aromatic heterocycles. The van der Waals surface area contributed by atoms with Crippen LogP contribution in [0.3, 0.4) is 0 Å². The first-order valence-corrected chi connectivity index (χ1v) is 6.09. The molecule has 2 aromatic rings. The van der Waals surface area contributed by atoms with Gasteiger partial charge in [-0.15, -0.1) is 0 Å². The minimum absolute atomic E-state index is 0.0534. The molecule has 1 amide bonds. The normalized spacial score (nSPS) is 10.7. The first-order chi connectivity index (χ1) is 9.69. The van der Waals surface area contributed by atoms with Crippen molar-refractivity contribution in [3.05, 3.63) is 65.5 Å². The van der Waals surface area contributed by atoms with Crippen LogP contribution in [0.25, 0.3) is 6.08 Å². The molecule has 0 aliphatic heterocycles. The fourth-order valence-corrected chi connectivity index (χ4v) is 1.61. The lowest BCUT2D eigenvalue weighted by atomic mass is 10.1. The number of carbonyl (C=O) groups is 1. The van der Waals surface area contributed by atoms with E-state index in [-0.39, 0.29) is 5.57 Å². The summed E-state index contributed by atoms with van der Waals surface area (Å²) in [5, 5.41) is 11.7. The topological polar surface area (TPSA) is 65.8 Å². The Balaban J connectivity index is 2.18. The predicted octanol–water partition coefficient (Wildman–Crippen LogP) is 2.94. The molecule has 0 radical (unpaired) electrons. The maximum Gasteiger partial charge on any atom is 0.266 e. The summed E-state index contributed by atoms with van der Waals surface area (Å²) >= 11 is 0. The standard InChI is InChI=1S/C16H13N3O/c1-12-4-6-13(7-5-12)9-14(10-17)16(20)19-15-3-2-8-18-11-15/h2-9,11H,1H3,(H,19,20). The maximum absolute atomic E-state index is 12.0. The minimum Gasteiger partial charge on any atom is -0.320 e. The molecule has 0 bridgehead atoms. The number of carbonyl (C=O) groups excluding carboxylic acids is 1. The van der Waals surface area contributed by atoms with Gasteiger partial charge in [0.05, 0.1) is 11.9 Å². The molecule has 0 saturated carbocycles. The van der Waals surface area contributed by atoms with Gasteiger partial charge in [-0.25, -0.2) is 0 Å². The molecule has 0 spiro atoms. The fraction of sp³-hybridized carbons (Fsp3) is 0.0625. The summed E-state index contributed by atoms with van der Waals surface area (Å²) < 4.78 is 0. The van der Waals surface area contributed by atoms with E-state index in [1.54, 1.807) is 24.4 Å². The van der Waals surface area contributed by atoms with Crippen molar-refractivity contribution in [3.63, 3.8) is 0 Å². The second-order valence-corrected chi connectivity index (χ2v) is 4.28. The van der Waals surface area contributed by atoms with E-state index in [9.17, 15) is 4.79 Å². The number of amides is 1. The summed E-state index contributed by atoms with van der Waals surface area (Å²) in [4.78, 5) is 15.9. The van der Waals surface area contributed by atoms with Gasteiger partial charge >= 0.3 is 0 Å². The van der Waals surface area contributed by atoms with Crippen LogP contribution in [0.4, 0.5) is 5.69 Å². The van der Waals surface area contributed by atoms with Gasteiger partial charge in [0, 0.05) is 6.20 Å². The third-order valence-electron chi connectivity index (χ3n) is 2.67. The van der Waals surface area contributed by atoms with Gasteiger partial charge in [0.2, 0.25) is 0 Å². The van der Waals surface area contributed by atoms with E-state index in [0.29, 0.717) is 5.69 Å². The van der Waals surface area contributed by atoms with Crippen LogP contribution >= 0.6 is 0 Å². The van der Waals surface area contributed by atoms with Crippen LogP contribution in [-0.2, 0) is 4.79 Å². The Labute approximate surface area is 117 Å². The lowest BCUT2D eigenvalue weighted by Crippen LogP contribution is -2.13. The Morgan fingerprint density at radius 2 is 2.05 bits per heavy atom. The van der Waals surface area contributed by atoms with Gasteiger partial charge in [0.1, 0.15) is 11.6 Å². The predicted molar refractivity (Wildman–Crippen MR) is 77.6 cm³/mol. The minimum atomic E-state index is -0.443. The van der Waals surface area contributed by atoms with Gasteiger partial charge in [-0.1, -0.05) is 29.8 Å². The number of rotatable bonds is 3. The zero-order valence-electron chi connectivity index (χ0n) is 11.0. The molecule has 2 rings (SSSR count). The molecular formula is C16H13N3O. The smallest absolute Gasteiger partial charge is 0.266 e. The number of hydrogen-bond acceptors (Lipinski definition) is 3. The number of aryl methyl sites for hydroxylation is 1. The van der Waals surface area contributed by atoms with Gasteiger partial charge in [-0.2, -0.15) is 5.26 Å².